The van der Waals surface area contributed by atoms with Crippen molar-refractivity contribution in [3.8, 4) is 0 Å². The molecule has 0 saturated heterocycles. The fourth-order valence-electron chi connectivity index (χ4n) is 1.31. The van der Waals surface area contributed by atoms with Crippen LogP contribution in [0.3, 0.4) is 0 Å². The fraction of sp³-hybridized carbons (Fsp3) is 1.00. The molecule has 0 spiro atoms. The first-order chi connectivity index (χ1) is 4.76. The molecule has 1 heteroatoms. The smallest absolute Gasteiger partial charge is 0.00894 e. The molecule has 1 N–H and O–H groups in total. The molecule has 0 aromatic carbocycles. The summed E-state index contributed by atoms with van der Waals surface area (Å²) in [4.78, 5) is 0. The second-order valence-electron chi connectivity index (χ2n) is 3.07. The van der Waals surface area contributed by atoms with Crippen LogP contribution in [0.25, 0.3) is 0 Å². The van der Waals surface area contributed by atoms with Gasteiger partial charge >= 0.3 is 0 Å². The van der Waals surface area contributed by atoms with E-state index in [1.54, 1.807) is 0 Å². The molecule has 0 bridgehead atoms. The predicted molar refractivity (Wildman–Crippen MR) is 53.9 cm³/mol. The van der Waals surface area contributed by atoms with Gasteiger partial charge in [0.15, 0.2) is 0 Å². The summed E-state index contributed by atoms with van der Waals surface area (Å²) >= 11 is 0. The van der Waals surface area contributed by atoms with Crippen LogP contribution in [0.1, 0.15) is 47.5 Å². The van der Waals surface area contributed by atoms with Crippen LogP contribution in [-0.2, 0) is 0 Å². The van der Waals surface area contributed by atoms with Crippen molar-refractivity contribution in [3.63, 3.8) is 0 Å². The van der Waals surface area contributed by atoms with Crippen LogP contribution in [0.4, 0.5) is 0 Å². The molecule has 11 heavy (non-hydrogen) atoms. The highest BCUT2D eigenvalue weighted by molar-refractivity contribution is 4.69. The number of hydrogen-bond donors (Lipinski definition) is 1. The van der Waals surface area contributed by atoms with Crippen LogP contribution >= 0.6 is 0 Å². The Morgan fingerprint density at radius 3 is 2.09 bits per heavy atom. The second-order valence-corrected chi connectivity index (χ2v) is 3.07. The summed E-state index contributed by atoms with van der Waals surface area (Å²) in [5.41, 5.74) is 0. The highest BCUT2D eigenvalue weighted by Crippen LogP contribution is 2.11. The standard InChI is InChI=1S/C9H21N.CH4/c1-5-7-9(10-4)8(3)6-2;/h8-10H,5-7H2,1-4H3;1H4. The minimum atomic E-state index is 0. The molecule has 0 fully saturated rings. The van der Waals surface area contributed by atoms with Gasteiger partial charge in [0.05, 0.1) is 0 Å². The van der Waals surface area contributed by atoms with E-state index >= 15 is 0 Å². The SMILES string of the molecule is C.CCCC(NC)C(C)CC. The molecular formula is C10H25N. The molecular weight excluding hydrogens is 134 g/mol. The van der Waals surface area contributed by atoms with Crippen molar-refractivity contribution in [3.05, 3.63) is 0 Å². The first-order valence-corrected chi connectivity index (χ1v) is 4.43. The Labute approximate surface area is 72.6 Å². The molecule has 2 atom stereocenters. The van der Waals surface area contributed by atoms with Gasteiger partial charge in [0, 0.05) is 6.04 Å². The molecule has 0 saturated carbocycles. The van der Waals surface area contributed by atoms with E-state index in [1.807, 2.05) is 0 Å². The predicted octanol–water partition coefficient (Wildman–Crippen LogP) is 3.06. The first-order valence-electron chi connectivity index (χ1n) is 4.43. The van der Waals surface area contributed by atoms with Gasteiger partial charge in [-0.2, -0.15) is 0 Å². The third-order valence-corrected chi connectivity index (χ3v) is 2.30. The van der Waals surface area contributed by atoms with Gasteiger partial charge in [-0.1, -0.05) is 41.0 Å². The maximum Gasteiger partial charge on any atom is 0.00894 e. The first kappa shape index (κ1) is 13.5. The molecule has 1 nitrogen and oxygen atoms in total. The summed E-state index contributed by atoms with van der Waals surface area (Å²) < 4.78 is 0. The van der Waals surface area contributed by atoms with Crippen LogP contribution in [0.5, 0.6) is 0 Å². The molecule has 0 amide bonds. The zero-order chi connectivity index (χ0) is 7.98. The van der Waals surface area contributed by atoms with Crippen LogP contribution in [-0.4, -0.2) is 13.1 Å². The van der Waals surface area contributed by atoms with Crippen molar-refractivity contribution in [2.45, 2.75) is 53.5 Å². The Balaban J connectivity index is 0. The van der Waals surface area contributed by atoms with Crippen LogP contribution in [0.2, 0.25) is 0 Å². The highest BCUT2D eigenvalue weighted by Gasteiger charge is 2.10. The number of nitrogens with one attached hydrogen (secondary N) is 1. The Hall–Kier alpha value is -0.0400. The quantitative estimate of drug-likeness (QED) is 0.650. The molecule has 0 aromatic rings. The summed E-state index contributed by atoms with van der Waals surface area (Å²) in [5.74, 6) is 0.824. The Bertz CT molecular complexity index is 71.3. The van der Waals surface area contributed by atoms with Crippen LogP contribution in [0.15, 0.2) is 0 Å². The minimum Gasteiger partial charge on any atom is -0.317 e. The van der Waals surface area contributed by atoms with Gasteiger partial charge in [-0.25, -0.2) is 0 Å². The molecule has 0 rings (SSSR count). The van der Waals surface area contributed by atoms with E-state index in [-0.39, 0.29) is 7.43 Å². The molecule has 0 radical (unpaired) electrons. The Kier molecular flexibility index (Phi) is 9.92. The average Bonchev–Trinajstić information content (AvgIpc) is 1.99. The van der Waals surface area contributed by atoms with E-state index < -0.39 is 0 Å². The largest absolute Gasteiger partial charge is 0.317 e. The molecule has 0 aliphatic heterocycles. The lowest BCUT2D eigenvalue weighted by Crippen LogP contribution is -2.31. The summed E-state index contributed by atoms with van der Waals surface area (Å²) in [6, 6.07) is 0.731. The normalized spacial score (nSPS) is 15.3. The molecule has 0 aromatic heterocycles. The van der Waals surface area contributed by atoms with E-state index in [4.69, 9.17) is 0 Å². The maximum atomic E-state index is 3.35. The van der Waals surface area contributed by atoms with Crippen LogP contribution < -0.4 is 5.32 Å². The van der Waals surface area contributed by atoms with Gasteiger partial charge in [0.1, 0.15) is 0 Å². The third-order valence-electron chi connectivity index (χ3n) is 2.30. The summed E-state index contributed by atoms with van der Waals surface area (Å²) in [6.45, 7) is 6.81. The van der Waals surface area contributed by atoms with Gasteiger partial charge in [-0.15, -0.1) is 0 Å². The van der Waals surface area contributed by atoms with E-state index in [0.717, 1.165) is 12.0 Å². The Morgan fingerprint density at radius 1 is 1.27 bits per heavy atom. The third kappa shape index (κ3) is 5.25. The van der Waals surface area contributed by atoms with E-state index in [2.05, 4.69) is 33.1 Å². The highest BCUT2D eigenvalue weighted by atomic mass is 14.9. The van der Waals surface area contributed by atoms with Crippen molar-refractivity contribution >= 4 is 0 Å². The molecule has 0 heterocycles. The molecule has 70 valence electrons. The molecule has 2 unspecified atom stereocenters. The average molecular weight is 159 g/mol. The molecule has 0 aliphatic carbocycles. The van der Waals surface area contributed by atoms with Crippen LogP contribution in [0, 0.1) is 5.92 Å². The summed E-state index contributed by atoms with van der Waals surface area (Å²) in [6.07, 6.45) is 3.88. The van der Waals surface area contributed by atoms with Crippen molar-refractivity contribution in [1.29, 1.82) is 0 Å². The number of hydrogen-bond acceptors (Lipinski definition) is 1. The fourth-order valence-corrected chi connectivity index (χ4v) is 1.31. The monoisotopic (exact) mass is 159 g/mol. The summed E-state index contributed by atoms with van der Waals surface area (Å²) in [5, 5.41) is 3.35. The lowest BCUT2D eigenvalue weighted by atomic mass is 9.96. The van der Waals surface area contributed by atoms with Gasteiger partial charge in [-0.3, -0.25) is 0 Å². The zero-order valence-corrected chi connectivity index (χ0v) is 7.78. The van der Waals surface area contributed by atoms with Crippen molar-refractivity contribution in [2.75, 3.05) is 7.05 Å². The van der Waals surface area contributed by atoms with Gasteiger partial charge in [0.2, 0.25) is 0 Å². The minimum absolute atomic E-state index is 0. The lowest BCUT2D eigenvalue weighted by molar-refractivity contribution is 0.366. The van der Waals surface area contributed by atoms with E-state index in [0.29, 0.717) is 0 Å². The second kappa shape index (κ2) is 8.06. The van der Waals surface area contributed by atoms with Crippen molar-refractivity contribution < 1.29 is 0 Å². The van der Waals surface area contributed by atoms with Crippen molar-refractivity contribution in [2.24, 2.45) is 5.92 Å². The van der Waals surface area contributed by atoms with Crippen molar-refractivity contribution in [1.82, 2.24) is 5.32 Å². The number of rotatable bonds is 5. The van der Waals surface area contributed by atoms with E-state index in [1.165, 1.54) is 19.3 Å². The summed E-state index contributed by atoms with van der Waals surface area (Å²) in [7, 11) is 2.06. The lowest BCUT2D eigenvalue weighted by Gasteiger charge is -2.21. The molecule has 0 aliphatic rings. The zero-order valence-electron chi connectivity index (χ0n) is 7.78. The maximum absolute atomic E-state index is 3.35. The van der Waals surface area contributed by atoms with Gasteiger partial charge in [-0.05, 0) is 19.4 Å². The van der Waals surface area contributed by atoms with Gasteiger partial charge < -0.3 is 5.32 Å². The topological polar surface area (TPSA) is 12.0 Å². The van der Waals surface area contributed by atoms with E-state index in [9.17, 15) is 0 Å². The Morgan fingerprint density at radius 2 is 1.82 bits per heavy atom. The van der Waals surface area contributed by atoms with Gasteiger partial charge in [0.25, 0.3) is 0 Å².